The van der Waals surface area contributed by atoms with E-state index in [2.05, 4.69) is 27.7 Å². The number of fused-ring (bicyclic) bond motifs is 1. The third-order valence-electron chi connectivity index (χ3n) is 4.62. The molecular weight excluding hydrogens is 333 g/mol. The third-order valence-corrected chi connectivity index (χ3v) is 4.62. The van der Waals surface area contributed by atoms with Gasteiger partial charge in [-0.3, -0.25) is 9.69 Å². The summed E-state index contributed by atoms with van der Waals surface area (Å²) in [7, 11) is 0. The average Bonchev–Trinajstić information content (AvgIpc) is 2.98. The first kappa shape index (κ1) is 16.8. The highest BCUT2D eigenvalue weighted by atomic mass is 19.1. The van der Waals surface area contributed by atoms with Crippen molar-refractivity contribution in [2.75, 3.05) is 36.9 Å². The fraction of sp³-hybridized carbons (Fsp3) is 0.250. The average molecular weight is 353 g/mol. The van der Waals surface area contributed by atoms with Crippen LogP contribution in [0.4, 0.5) is 15.8 Å². The van der Waals surface area contributed by atoms with E-state index >= 15 is 0 Å². The normalized spacial score (nSPS) is 18.7. The maximum atomic E-state index is 14.0. The molecule has 0 unspecified atom stereocenters. The van der Waals surface area contributed by atoms with Crippen molar-refractivity contribution in [3.05, 3.63) is 65.6 Å². The SMILES string of the molecule is O=C1Nc2cccc(F)c2/C1=C/Nc1ccc(CN2CCOCC2)cc1. The first-order valence-corrected chi connectivity index (χ1v) is 8.67. The standard InChI is InChI=1S/C20H20FN3O2/c21-17-2-1-3-18-19(17)16(20(25)23-18)12-22-15-6-4-14(5-7-15)13-24-8-10-26-11-9-24/h1-7,12,22H,8-11,13H2,(H,23,25)/b16-12-. The van der Waals surface area contributed by atoms with Crippen molar-refractivity contribution in [2.45, 2.75) is 6.54 Å². The maximum absolute atomic E-state index is 14.0. The van der Waals surface area contributed by atoms with Gasteiger partial charge in [-0.15, -0.1) is 0 Å². The Balaban J connectivity index is 1.45. The van der Waals surface area contributed by atoms with Crippen LogP contribution in [-0.4, -0.2) is 37.1 Å². The minimum atomic E-state index is -0.408. The summed E-state index contributed by atoms with van der Waals surface area (Å²) in [5.41, 5.74) is 3.19. The van der Waals surface area contributed by atoms with Gasteiger partial charge in [0, 0.05) is 37.1 Å². The summed E-state index contributed by atoms with van der Waals surface area (Å²) in [5.74, 6) is -0.712. The molecule has 2 aliphatic heterocycles. The molecule has 0 radical (unpaired) electrons. The Morgan fingerprint density at radius 2 is 1.92 bits per heavy atom. The van der Waals surface area contributed by atoms with Gasteiger partial charge in [0.1, 0.15) is 5.82 Å². The van der Waals surface area contributed by atoms with Gasteiger partial charge in [-0.25, -0.2) is 4.39 Å². The number of anilines is 2. The van der Waals surface area contributed by atoms with Crippen LogP contribution in [0.2, 0.25) is 0 Å². The number of amides is 1. The van der Waals surface area contributed by atoms with E-state index in [0.717, 1.165) is 38.5 Å². The van der Waals surface area contributed by atoms with E-state index in [1.807, 2.05) is 12.1 Å². The van der Waals surface area contributed by atoms with E-state index in [4.69, 9.17) is 4.74 Å². The molecule has 1 amide bonds. The first-order valence-electron chi connectivity index (χ1n) is 8.67. The van der Waals surface area contributed by atoms with E-state index in [-0.39, 0.29) is 5.91 Å². The van der Waals surface area contributed by atoms with Crippen molar-refractivity contribution >= 4 is 22.9 Å². The Labute approximate surface area is 151 Å². The van der Waals surface area contributed by atoms with Crippen molar-refractivity contribution in [3.63, 3.8) is 0 Å². The maximum Gasteiger partial charge on any atom is 0.257 e. The molecule has 0 aromatic heterocycles. The number of morpholine rings is 1. The van der Waals surface area contributed by atoms with Crippen LogP contribution >= 0.6 is 0 Å². The van der Waals surface area contributed by atoms with Crippen molar-refractivity contribution in [2.24, 2.45) is 0 Å². The molecular formula is C20H20FN3O2. The van der Waals surface area contributed by atoms with Crippen molar-refractivity contribution in [1.29, 1.82) is 0 Å². The second-order valence-electron chi connectivity index (χ2n) is 6.40. The molecule has 5 nitrogen and oxygen atoms in total. The lowest BCUT2D eigenvalue weighted by molar-refractivity contribution is -0.110. The predicted octanol–water partition coefficient (Wildman–Crippen LogP) is 3.06. The number of benzene rings is 2. The van der Waals surface area contributed by atoms with Crippen LogP contribution < -0.4 is 10.6 Å². The van der Waals surface area contributed by atoms with Gasteiger partial charge in [0.2, 0.25) is 0 Å². The smallest absolute Gasteiger partial charge is 0.257 e. The zero-order valence-electron chi connectivity index (χ0n) is 14.3. The van der Waals surface area contributed by atoms with Gasteiger partial charge in [0.25, 0.3) is 5.91 Å². The first-order chi connectivity index (χ1) is 12.7. The molecule has 2 aromatic carbocycles. The van der Waals surface area contributed by atoms with Crippen LogP contribution in [0.25, 0.3) is 5.57 Å². The molecule has 4 rings (SSSR count). The van der Waals surface area contributed by atoms with Gasteiger partial charge in [0.15, 0.2) is 0 Å². The summed E-state index contributed by atoms with van der Waals surface area (Å²) in [5, 5.41) is 5.77. The van der Waals surface area contributed by atoms with Crippen LogP contribution in [0.15, 0.2) is 48.7 Å². The largest absolute Gasteiger partial charge is 0.379 e. The van der Waals surface area contributed by atoms with Gasteiger partial charge in [-0.2, -0.15) is 0 Å². The summed E-state index contributed by atoms with van der Waals surface area (Å²) < 4.78 is 19.4. The van der Waals surface area contributed by atoms with Gasteiger partial charge >= 0.3 is 0 Å². The highest BCUT2D eigenvalue weighted by molar-refractivity contribution is 6.31. The number of rotatable bonds is 4. The molecule has 1 fully saturated rings. The molecule has 0 atom stereocenters. The van der Waals surface area contributed by atoms with E-state index in [1.165, 1.54) is 11.6 Å². The Morgan fingerprint density at radius 3 is 2.69 bits per heavy atom. The topological polar surface area (TPSA) is 53.6 Å². The molecule has 1 saturated heterocycles. The molecule has 6 heteroatoms. The molecule has 0 saturated carbocycles. The monoisotopic (exact) mass is 353 g/mol. The van der Waals surface area contributed by atoms with Crippen LogP contribution in [0.5, 0.6) is 0 Å². The highest BCUT2D eigenvalue weighted by Gasteiger charge is 2.27. The van der Waals surface area contributed by atoms with E-state index in [9.17, 15) is 9.18 Å². The molecule has 0 aliphatic carbocycles. The molecule has 2 aromatic rings. The summed E-state index contributed by atoms with van der Waals surface area (Å²) >= 11 is 0. The number of hydrogen-bond acceptors (Lipinski definition) is 4. The van der Waals surface area contributed by atoms with Crippen molar-refractivity contribution in [3.8, 4) is 0 Å². The Kier molecular flexibility index (Phi) is 4.69. The fourth-order valence-electron chi connectivity index (χ4n) is 3.22. The predicted molar refractivity (Wildman–Crippen MR) is 99.2 cm³/mol. The summed E-state index contributed by atoms with van der Waals surface area (Å²) in [6.45, 7) is 4.37. The quantitative estimate of drug-likeness (QED) is 0.830. The lowest BCUT2D eigenvalue weighted by Crippen LogP contribution is -2.35. The van der Waals surface area contributed by atoms with Gasteiger partial charge in [-0.1, -0.05) is 18.2 Å². The minimum absolute atomic E-state index is 0.301. The van der Waals surface area contributed by atoms with E-state index in [0.29, 0.717) is 16.8 Å². The molecule has 0 bridgehead atoms. The summed E-state index contributed by atoms with van der Waals surface area (Å²) in [6.07, 6.45) is 1.56. The molecule has 2 N–H and O–H groups in total. The lowest BCUT2D eigenvalue weighted by atomic mass is 10.1. The minimum Gasteiger partial charge on any atom is -0.379 e. The van der Waals surface area contributed by atoms with Crippen LogP contribution in [0.1, 0.15) is 11.1 Å². The van der Waals surface area contributed by atoms with Crippen molar-refractivity contribution in [1.82, 2.24) is 4.90 Å². The van der Waals surface area contributed by atoms with Crippen LogP contribution in [-0.2, 0) is 16.1 Å². The van der Waals surface area contributed by atoms with Gasteiger partial charge in [0.05, 0.1) is 24.5 Å². The second kappa shape index (κ2) is 7.27. The summed E-state index contributed by atoms with van der Waals surface area (Å²) in [6, 6.07) is 12.7. The number of hydrogen-bond donors (Lipinski definition) is 2. The number of nitrogens with zero attached hydrogens (tertiary/aromatic N) is 1. The number of nitrogens with one attached hydrogen (secondary N) is 2. The molecule has 134 valence electrons. The Bertz CT molecular complexity index is 843. The highest BCUT2D eigenvalue weighted by Crippen LogP contribution is 2.33. The Hall–Kier alpha value is -2.70. The third kappa shape index (κ3) is 3.47. The van der Waals surface area contributed by atoms with E-state index < -0.39 is 5.82 Å². The number of carbonyl (C=O) groups is 1. The lowest BCUT2D eigenvalue weighted by Gasteiger charge is -2.26. The number of halogens is 1. The number of ether oxygens (including phenoxy) is 1. The molecule has 0 spiro atoms. The second-order valence-corrected chi connectivity index (χ2v) is 6.40. The summed E-state index contributed by atoms with van der Waals surface area (Å²) in [4.78, 5) is 14.4. The van der Waals surface area contributed by atoms with Crippen molar-refractivity contribution < 1.29 is 13.9 Å². The number of carbonyl (C=O) groups excluding carboxylic acids is 1. The van der Waals surface area contributed by atoms with Gasteiger partial charge < -0.3 is 15.4 Å². The zero-order chi connectivity index (χ0) is 17.9. The fourth-order valence-corrected chi connectivity index (χ4v) is 3.22. The molecule has 2 heterocycles. The molecule has 2 aliphatic rings. The van der Waals surface area contributed by atoms with Crippen LogP contribution in [0, 0.1) is 5.82 Å². The van der Waals surface area contributed by atoms with E-state index in [1.54, 1.807) is 18.3 Å². The zero-order valence-corrected chi connectivity index (χ0v) is 14.3. The van der Waals surface area contributed by atoms with Crippen LogP contribution in [0.3, 0.4) is 0 Å². The van der Waals surface area contributed by atoms with Gasteiger partial charge in [-0.05, 0) is 29.8 Å². The Morgan fingerprint density at radius 1 is 1.15 bits per heavy atom. The molecule has 26 heavy (non-hydrogen) atoms.